The van der Waals surface area contributed by atoms with Gasteiger partial charge in [-0.15, -0.1) is 0 Å². The lowest BCUT2D eigenvalue weighted by Gasteiger charge is -2.21. The molecule has 0 spiro atoms. The largest absolute Gasteiger partial charge is 0.491 e. The first-order valence-corrected chi connectivity index (χ1v) is 13.0. The van der Waals surface area contributed by atoms with Gasteiger partial charge in [0.25, 0.3) is 0 Å². The number of aliphatic hydroxyl groups excluding tert-OH is 2. The van der Waals surface area contributed by atoms with Gasteiger partial charge in [-0.25, -0.2) is 0 Å². The molecular weight excluding hydrogens is 432 g/mol. The molecule has 6 nitrogen and oxygen atoms in total. The molecule has 1 aliphatic carbocycles. The van der Waals surface area contributed by atoms with Gasteiger partial charge in [-0.2, -0.15) is 0 Å². The van der Waals surface area contributed by atoms with Crippen molar-refractivity contribution in [3.05, 3.63) is 42.5 Å². The number of carbonyl (C=O) groups is 1. The second kappa shape index (κ2) is 13.9. The van der Waals surface area contributed by atoms with Gasteiger partial charge in [0, 0.05) is 25.4 Å². The van der Waals surface area contributed by atoms with Crippen molar-refractivity contribution in [1.29, 1.82) is 0 Å². The molecule has 0 unspecified atom stereocenters. The molecule has 1 aromatic carbocycles. The molecule has 1 saturated carbocycles. The van der Waals surface area contributed by atoms with Gasteiger partial charge in [-0.05, 0) is 63.5 Å². The van der Waals surface area contributed by atoms with E-state index in [2.05, 4.69) is 0 Å². The van der Waals surface area contributed by atoms with E-state index in [9.17, 15) is 15.0 Å². The van der Waals surface area contributed by atoms with Crippen LogP contribution in [0.2, 0.25) is 0 Å². The number of fused-ring (bicyclic) bond motifs is 1. The molecule has 0 amide bonds. The minimum Gasteiger partial charge on any atom is -0.491 e. The summed E-state index contributed by atoms with van der Waals surface area (Å²) < 4.78 is 17.0. The van der Waals surface area contributed by atoms with E-state index < -0.39 is 12.2 Å². The molecule has 6 atom stereocenters. The van der Waals surface area contributed by atoms with E-state index in [0.29, 0.717) is 18.8 Å². The minimum absolute atomic E-state index is 0.00194. The molecular formula is C28H42O6. The van der Waals surface area contributed by atoms with Crippen LogP contribution in [0.1, 0.15) is 65.2 Å². The van der Waals surface area contributed by atoms with Gasteiger partial charge < -0.3 is 24.4 Å². The molecule has 0 bridgehead atoms. The molecule has 2 N–H and O–H groups in total. The number of esters is 1. The van der Waals surface area contributed by atoms with Crippen LogP contribution in [0.3, 0.4) is 0 Å². The topological polar surface area (TPSA) is 85.2 Å². The standard InChI is InChI=1S/C28H42O6/c1-20(2)34-28(31)12-8-3-5-9-21-13-15-25-24(26(30)17-27(25)33-18-21)16-14-22(29)19-32-23-10-6-4-7-11-23/h4,6-7,10-11,14,16,20-22,24-27,29-30H,3,5,8-9,12-13,15,17-19H2,1-2H3/b16-14+/t21-,22+,24+,25+,26+,27-/m0/s1. The molecule has 34 heavy (non-hydrogen) atoms. The number of rotatable bonds is 12. The fourth-order valence-corrected chi connectivity index (χ4v) is 5.15. The van der Waals surface area contributed by atoms with E-state index in [-0.39, 0.29) is 36.6 Å². The van der Waals surface area contributed by atoms with Gasteiger partial charge in [-0.3, -0.25) is 4.79 Å². The second-order valence-corrected chi connectivity index (χ2v) is 10.1. The fourth-order valence-electron chi connectivity index (χ4n) is 5.15. The van der Waals surface area contributed by atoms with Crippen molar-refractivity contribution < 1.29 is 29.2 Å². The average Bonchev–Trinajstić information content (AvgIpc) is 2.97. The molecule has 1 saturated heterocycles. The molecule has 3 rings (SSSR count). The Labute approximate surface area is 204 Å². The molecule has 2 aliphatic rings. The Balaban J connectivity index is 1.38. The smallest absolute Gasteiger partial charge is 0.306 e. The van der Waals surface area contributed by atoms with Crippen LogP contribution in [0.25, 0.3) is 0 Å². The van der Waals surface area contributed by atoms with Crippen molar-refractivity contribution in [2.45, 2.75) is 89.6 Å². The third kappa shape index (κ3) is 8.71. The quantitative estimate of drug-likeness (QED) is 0.260. The first-order valence-electron chi connectivity index (χ1n) is 13.0. The van der Waals surface area contributed by atoms with E-state index in [1.807, 2.05) is 50.3 Å². The molecule has 190 valence electrons. The van der Waals surface area contributed by atoms with Crippen molar-refractivity contribution >= 4 is 5.97 Å². The highest BCUT2D eigenvalue weighted by atomic mass is 16.5. The summed E-state index contributed by atoms with van der Waals surface area (Å²) in [7, 11) is 0. The first kappa shape index (κ1) is 26.7. The van der Waals surface area contributed by atoms with Crippen LogP contribution in [0, 0.1) is 17.8 Å². The summed E-state index contributed by atoms with van der Waals surface area (Å²) in [4.78, 5) is 11.6. The van der Waals surface area contributed by atoms with Crippen molar-refractivity contribution in [2.24, 2.45) is 17.8 Å². The number of unbranched alkanes of at least 4 members (excludes halogenated alkanes) is 2. The van der Waals surface area contributed by atoms with E-state index in [4.69, 9.17) is 14.2 Å². The van der Waals surface area contributed by atoms with Crippen molar-refractivity contribution in [1.82, 2.24) is 0 Å². The summed E-state index contributed by atoms with van der Waals surface area (Å²) in [5.74, 6) is 1.44. The van der Waals surface area contributed by atoms with Gasteiger partial charge in [0.2, 0.25) is 0 Å². The number of carbonyl (C=O) groups excluding carboxylic acids is 1. The Kier molecular flexibility index (Phi) is 10.9. The van der Waals surface area contributed by atoms with Gasteiger partial charge in [-0.1, -0.05) is 43.2 Å². The summed E-state index contributed by atoms with van der Waals surface area (Å²) in [5.41, 5.74) is 0. The third-order valence-corrected chi connectivity index (χ3v) is 6.92. The van der Waals surface area contributed by atoms with Crippen LogP contribution in [0.4, 0.5) is 0 Å². The average molecular weight is 475 g/mol. The Morgan fingerprint density at radius 2 is 1.97 bits per heavy atom. The molecule has 6 heteroatoms. The number of hydrogen-bond acceptors (Lipinski definition) is 6. The number of ether oxygens (including phenoxy) is 3. The Morgan fingerprint density at radius 1 is 1.18 bits per heavy atom. The van der Waals surface area contributed by atoms with Crippen LogP contribution in [-0.2, 0) is 14.3 Å². The Hall–Kier alpha value is -1.89. The van der Waals surface area contributed by atoms with Gasteiger partial charge in [0.1, 0.15) is 18.5 Å². The van der Waals surface area contributed by atoms with Gasteiger partial charge >= 0.3 is 5.97 Å². The van der Waals surface area contributed by atoms with Crippen LogP contribution in [-0.4, -0.2) is 53.8 Å². The number of para-hydroxylation sites is 1. The highest BCUT2D eigenvalue weighted by Crippen LogP contribution is 2.42. The lowest BCUT2D eigenvalue weighted by Crippen LogP contribution is -2.22. The summed E-state index contributed by atoms with van der Waals surface area (Å²) in [6.07, 6.45) is 9.99. The normalized spacial score (nSPS) is 28.0. The van der Waals surface area contributed by atoms with E-state index in [1.165, 1.54) is 0 Å². The van der Waals surface area contributed by atoms with Crippen LogP contribution < -0.4 is 4.74 Å². The molecule has 0 aromatic heterocycles. The summed E-state index contributed by atoms with van der Waals surface area (Å²) in [6.45, 7) is 4.68. The second-order valence-electron chi connectivity index (χ2n) is 10.1. The van der Waals surface area contributed by atoms with Crippen molar-refractivity contribution in [2.75, 3.05) is 13.2 Å². The fraction of sp³-hybridized carbons (Fsp3) is 0.679. The first-order chi connectivity index (χ1) is 16.4. The molecule has 1 aliphatic heterocycles. The van der Waals surface area contributed by atoms with E-state index >= 15 is 0 Å². The van der Waals surface area contributed by atoms with Crippen LogP contribution >= 0.6 is 0 Å². The Bertz CT molecular complexity index is 749. The summed E-state index contributed by atoms with van der Waals surface area (Å²) >= 11 is 0. The van der Waals surface area contributed by atoms with E-state index in [1.54, 1.807) is 6.08 Å². The summed E-state index contributed by atoms with van der Waals surface area (Å²) in [6, 6.07) is 9.45. The van der Waals surface area contributed by atoms with Gasteiger partial charge in [0.05, 0.1) is 18.3 Å². The lowest BCUT2D eigenvalue weighted by atomic mass is 9.86. The number of aliphatic hydroxyl groups is 2. The van der Waals surface area contributed by atoms with Gasteiger partial charge in [0.15, 0.2) is 0 Å². The highest BCUT2D eigenvalue weighted by Gasteiger charge is 2.43. The number of hydrogen-bond donors (Lipinski definition) is 2. The monoisotopic (exact) mass is 474 g/mol. The summed E-state index contributed by atoms with van der Waals surface area (Å²) in [5, 5.41) is 20.9. The molecule has 0 radical (unpaired) electrons. The van der Waals surface area contributed by atoms with Crippen LogP contribution in [0.15, 0.2) is 42.5 Å². The van der Waals surface area contributed by atoms with E-state index in [0.717, 1.165) is 50.9 Å². The predicted octanol–water partition coefficient (Wildman–Crippen LogP) is 4.68. The molecule has 1 aromatic rings. The molecule has 2 fully saturated rings. The Morgan fingerprint density at radius 3 is 2.74 bits per heavy atom. The maximum Gasteiger partial charge on any atom is 0.306 e. The third-order valence-electron chi connectivity index (χ3n) is 6.92. The zero-order valence-corrected chi connectivity index (χ0v) is 20.7. The molecule has 1 heterocycles. The van der Waals surface area contributed by atoms with Crippen molar-refractivity contribution in [3.63, 3.8) is 0 Å². The predicted molar refractivity (Wildman–Crippen MR) is 131 cm³/mol. The number of benzene rings is 1. The maximum atomic E-state index is 11.6. The SMILES string of the molecule is CC(C)OC(=O)CCCCC[C@H]1CC[C@@H]2[C@@H](/C=C/[C@@H](O)COc3ccccc3)[C@H](O)C[C@@H]2OC1. The van der Waals surface area contributed by atoms with Crippen molar-refractivity contribution in [3.8, 4) is 5.75 Å². The maximum absolute atomic E-state index is 11.6. The zero-order chi connectivity index (χ0) is 24.3. The minimum atomic E-state index is -0.719. The van der Waals surface area contributed by atoms with Crippen LogP contribution in [0.5, 0.6) is 5.75 Å². The highest BCUT2D eigenvalue weighted by molar-refractivity contribution is 5.69. The zero-order valence-electron chi connectivity index (χ0n) is 20.7. The lowest BCUT2D eigenvalue weighted by molar-refractivity contribution is -0.147.